The minimum Gasteiger partial charge on any atom is -0.337 e. The van der Waals surface area contributed by atoms with Gasteiger partial charge in [0.2, 0.25) is 5.91 Å². The van der Waals surface area contributed by atoms with Crippen molar-refractivity contribution in [3.8, 4) is 0 Å². The van der Waals surface area contributed by atoms with Crippen LogP contribution < -0.4 is 0 Å². The molecule has 0 radical (unpaired) electrons. The molecule has 3 heteroatoms. The van der Waals surface area contributed by atoms with Crippen molar-refractivity contribution >= 4 is 21.8 Å². The third-order valence-corrected chi connectivity index (χ3v) is 2.83. The maximum atomic E-state index is 11.3. The van der Waals surface area contributed by atoms with E-state index in [1.807, 2.05) is 4.90 Å². The van der Waals surface area contributed by atoms with Crippen molar-refractivity contribution in [3.63, 3.8) is 0 Å². The molecule has 0 aromatic rings. The molecule has 0 aromatic heterocycles. The van der Waals surface area contributed by atoms with Crippen LogP contribution in [0.4, 0.5) is 0 Å². The first kappa shape index (κ1) is 9.04. The molecule has 0 aliphatic carbocycles. The normalized spacial score (nSPS) is 31.0. The highest BCUT2D eigenvalue weighted by atomic mass is 79.9. The van der Waals surface area contributed by atoms with Gasteiger partial charge in [-0.25, -0.2) is 0 Å². The Morgan fingerprint density at radius 1 is 1.45 bits per heavy atom. The average molecular weight is 220 g/mol. The molecule has 1 heterocycles. The van der Waals surface area contributed by atoms with E-state index in [-0.39, 0.29) is 5.91 Å². The number of carbonyl (C=O) groups is 1. The second-order valence-corrected chi connectivity index (χ2v) is 3.77. The molecule has 0 aromatic carbocycles. The first-order valence-electron chi connectivity index (χ1n) is 4.04. The first-order valence-corrected chi connectivity index (χ1v) is 5.16. The van der Waals surface area contributed by atoms with Crippen LogP contribution in [-0.4, -0.2) is 28.2 Å². The van der Waals surface area contributed by atoms with Crippen molar-refractivity contribution in [2.75, 3.05) is 5.33 Å². The SMILES string of the molecule is C[C@@H]1CC[C@H](C)N1C(=O)CBr. The molecule has 0 spiro atoms. The van der Waals surface area contributed by atoms with Crippen LogP contribution >= 0.6 is 15.9 Å². The number of amides is 1. The lowest BCUT2D eigenvalue weighted by Crippen LogP contribution is -2.39. The lowest BCUT2D eigenvalue weighted by atomic mass is 10.2. The summed E-state index contributed by atoms with van der Waals surface area (Å²) in [5.74, 6) is 0.225. The molecule has 0 bridgehead atoms. The van der Waals surface area contributed by atoms with E-state index >= 15 is 0 Å². The smallest absolute Gasteiger partial charge is 0.233 e. The summed E-state index contributed by atoms with van der Waals surface area (Å²) in [4.78, 5) is 13.3. The second-order valence-electron chi connectivity index (χ2n) is 3.21. The van der Waals surface area contributed by atoms with E-state index in [1.54, 1.807) is 0 Å². The van der Waals surface area contributed by atoms with E-state index < -0.39 is 0 Å². The van der Waals surface area contributed by atoms with E-state index in [0.717, 1.165) is 12.8 Å². The van der Waals surface area contributed by atoms with Crippen molar-refractivity contribution < 1.29 is 4.79 Å². The maximum Gasteiger partial charge on any atom is 0.233 e. The molecule has 2 atom stereocenters. The van der Waals surface area contributed by atoms with Gasteiger partial charge in [0.05, 0.1) is 5.33 Å². The predicted octanol–water partition coefficient (Wildman–Crippen LogP) is 1.78. The number of halogens is 1. The number of nitrogens with zero attached hydrogens (tertiary/aromatic N) is 1. The standard InChI is InChI=1S/C8H14BrNO/c1-6-3-4-7(2)10(6)8(11)5-9/h6-7H,3-5H2,1-2H3/t6-,7+. The van der Waals surface area contributed by atoms with Crippen LogP contribution in [-0.2, 0) is 4.79 Å². The monoisotopic (exact) mass is 219 g/mol. The van der Waals surface area contributed by atoms with Crippen molar-refractivity contribution in [3.05, 3.63) is 0 Å². The fraction of sp³-hybridized carbons (Fsp3) is 0.875. The van der Waals surface area contributed by atoms with Gasteiger partial charge >= 0.3 is 0 Å². The van der Waals surface area contributed by atoms with Crippen molar-refractivity contribution in [2.45, 2.75) is 38.8 Å². The molecular formula is C8H14BrNO. The van der Waals surface area contributed by atoms with Gasteiger partial charge in [-0.15, -0.1) is 0 Å². The molecule has 0 saturated carbocycles. The second kappa shape index (κ2) is 3.57. The number of alkyl halides is 1. The lowest BCUT2D eigenvalue weighted by Gasteiger charge is -2.25. The summed E-state index contributed by atoms with van der Waals surface area (Å²) >= 11 is 3.19. The van der Waals surface area contributed by atoms with Crippen LogP contribution in [0.5, 0.6) is 0 Å². The Morgan fingerprint density at radius 3 is 2.27 bits per heavy atom. The highest BCUT2D eigenvalue weighted by Crippen LogP contribution is 2.23. The molecule has 0 N–H and O–H groups in total. The molecule has 1 aliphatic heterocycles. The number of hydrogen-bond acceptors (Lipinski definition) is 1. The summed E-state index contributed by atoms with van der Waals surface area (Å²) in [6.45, 7) is 4.23. The van der Waals surface area contributed by atoms with Crippen LogP contribution in [0.15, 0.2) is 0 Å². The fourth-order valence-corrected chi connectivity index (χ4v) is 2.05. The Labute approximate surface area is 76.1 Å². The average Bonchev–Trinajstić information content (AvgIpc) is 2.30. The molecule has 1 fully saturated rings. The molecular weight excluding hydrogens is 206 g/mol. The highest BCUT2D eigenvalue weighted by molar-refractivity contribution is 9.09. The van der Waals surface area contributed by atoms with E-state index in [4.69, 9.17) is 0 Å². The Bertz CT molecular complexity index is 150. The number of rotatable bonds is 1. The summed E-state index contributed by atoms with van der Waals surface area (Å²) in [5.41, 5.74) is 0. The Hall–Kier alpha value is -0.0500. The zero-order valence-electron chi connectivity index (χ0n) is 7.01. The lowest BCUT2D eigenvalue weighted by molar-refractivity contribution is -0.130. The van der Waals surface area contributed by atoms with E-state index in [9.17, 15) is 4.79 Å². The largest absolute Gasteiger partial charge is 0.337 e. The van der Waals surface area contributed by atoms with E-state index in [2.05, 4.69) is 29.8 Å². The van der Waals surface area contributed by atoms with Crippen molar-refractivity contribution in [1.29, 1.82) is 0 Å². The van der Waals surface area contributed by atoms with Gasteiger partial charge in [0.25, 0.3) is 0 Å². The molecule has 11 heavy (non-hydrogen) atoms. The Kier molecular flexibility index (Phi) is 2.93. The van der Waals surface area contributed by atoms with Gasteiger partial charge in [-0.1, -0.05) is 15.9 Å². The van der Waals surface area contributed by atoms with Crippen LogP contribution in [0.1, 0.15) is 26.7 Å². The van der Waals surface area contributed by atoms with Gasteiger partial charge in [-0.3, -0.25) is 4.79 Å². The quantitative estimate of drug-likeness (QED) is 0.617. The summed E-state index contributed by atoms with van der Waals surface area (Å²) in [7, 11) is 0. The minimum absolute atomic E-state index is 0.225. The third-order valence-electron chi connectivity index (χ3n) is 2.35. The van der Waals surface area contributed by atoms with Gasteiger partial charge in [-0.2, -0.15) is 0 Å². The molecule has 1 rings (SSSR count). The molecule has 1 saturated heterocycles. The number of hydrogen-bond donors (Lipinski definition) is 0. The first-order chi connectivity index (χ1) is 5.16. The Morgan fingerprint density at radius 2 is 1.91 bits per heavy atom. The van der Waals surface area contributed by atoms with Crippen LogP contribution in [0.2, 0.25) is 0 Å². The van der Waals surface area contributed by atoms with E-state index in [0.29, 0.717) is 17.4 Å². The summed E-state index contributed by atoms with van der Waals surface area (Å²) in [6, 6.07) is 0.880. The summed E-state index contributed by atoms with van der Waals surface area (Å²) in [5, 5.41) is 0.460. The molecule has 2 nitrogen and oxygen atoms in total. The van der Waals surface area contributed by atoms with Crippen LogP contribution in [0.25, 0.3) is 0 Å². The maximum absolute atomic E-state index is 11.3. The van der Waals surface area contributed by atoms with Crippen LogP contribution in [0, 0.1) is 0 Å². The zero-order chi connectivity index (χ0) is 8.43. The van der Waals surface area contributed by atoms with Crippen molar-refractivity contribution in [2.24, 2.45) is 0 Å². The molecule has 64 valence electrons. The summed E-state index contributed by atoms with van der Waals surface area (Å²) < 4.78 is 0. The van der Waals surface area contributed by atoms with Gasteiger partial charge in [0.1, 0.15) is 0 Å². The van der Waals surface area contributed by atoms with Gasteiger partial charge in [0.15, 0.2) is 0 Å². The zero-order valence-corrected chi connectivity index (χ0v) is 8.60. The van der Waals surface area contributed by atoms with Crippen LogP contribution in [0.3, 0.4) is 0 Å². The Balaban J connectivity index is 2.60. The third kappa shape index (κ3) is 1.75. The van der Waals surface area contributed by atoms with Crippen molar-refractivity contribution in [1.82, 2.24) is 4.90 Å². The molecule has 1 aliphatic rings. The number of carbonyl (C=O) groups excluding carboxylic acids is 1. The van der Waals surface area contributed by atoms with Gasteiger partial charge < -0.3 is 4.90 Å². The van der Waals surface area contributed by atoms with Gasteiger partial charge in [-0.05, 0) is 26.7 Å². The topological polar surface area (TPSA) is 20.3 Å². The highest BCUT2D eigenvalue weighted by Gasteiger charge is 2.30. The molecule has 0 unspecified atom stereocenters. The molecule has 1 amide bonds. The summed E-state index contributed by atoms with van der Waals surface area (Å²) in [6.07, 6.45) is 2.31. The number of likely N-dealkylation sites (tertiary alicyclic amines) is 1. The predicted molar refractivity (Wildman–Crippen MR) is 48.8 cm³/mol. The fourth-order valence-electron chi connectivity index (χ4n) is 1.76. The van der Waals surface area contributed by atoms with Gasteiger partial charge in [0, 0.05) is 12.1 Å². The minimum atomic E-state index is 0.225. The van der Waals surface area contributed by atoms with E-state index in [1.165, 1.54) is 0 Å².